The normalized spacial score (nSPS) is 11.4. The van der Waals surface area contributed by atoms with E-state index in [0.29, 0.717) is 5.69 Å². The topological polar surface area (TPSA) is 56.5 Å². The zero-order chi connectivity index (χ0) is 20.5. The molecule has 0 amide bonds. The van der Waals surface area contributed by atoms with Gasteiger partial charge in [0, 0.05) is 18.8 Å². The summed E-state index contributed by atoms with van der Waals surface area (Å²) in [6.45, 7) is 6.62. The van der Waals surface area contributed by atoms with Crippen LogP contribution in [-0.4, -0.2) is 27.9 Å². The van der Waals surface area contributed by atoms with Crippen LogP contribution in [-0.2, 0) is 16.1 Å². The predicted molar refractivity (Wildman–Crippen MR) is 105 cm³/mol. The van der Waals surface area contributed by atoms with E-state index in [-0.39, 0.29) is 21.9 Å². The Morgan fingerprint density at radius 1 is 1.33 bits per heavy atom. The van der Waals surface area contributed by atoms with Crippen LogP contribution in [0.1, 0.15) is 26.5 Å². The lowest BCUT2D eigenvalue weighted by Gasteiger charge is -2.25. The molecular formula is C18H21ClFN3O3S. The van der Waals surface area contributed by atoms with Crippen molar-refractivity contribution in [1.29, 1.82) is 0 Å². The third-order valence-electron chi connectivity index (χ3n) is 3.64. The number of ether oxygens (including phenoxy) is 1. The largest absolute Gasteiger partial charge is 0.459 e. The van der Waals surface area contributed by atoms with Crippen molar-refractivity contribution in [2.45, 2.75) is 39.8 Å². The summed E-state index contributed by atoms with van der Waals surface area (Å²) >= 11 is 11.4. The van der Waals surface area contributed by atoms with E-state index in [1.54, 1.807) is 33.8 Å². The number of aryl methyl sites for hydroxylation is 1. The molecule has 0 atom stereocenters. The molecule has 0 unspecified atom stereocenters. The zero-order valence-corrected chi connectivity index (χ0v) is 17.3. The molecule has 0 spiro atoms. The quantitative estimate of drug-likeness (QED) is 0.564. The number of esters is 1. The Morgan fingerprint density at radius 3 is 2.56 bits per heavy atom. The van der Waals surface area contributed by atoms with E-state index in [1.165, 1.54) is 34.8 Å². The van der Waals surface area contributed by atoms with Gasteiger partial charge in [0.1, 0.15) is 22.6 Å². The average Bonchev–Trinajstić information content (AvgIpc) is 2.51. The maximum atomic E-state index is 13.6. The first-order valence-corrected chi connectivity index (χ1v) is 8.94. The standard InChI is InChI=1S/C18H21ClFN3O3S/c1-11-8-15(27)23(21(5)14-9-12(20)6-7-13(14)19)17(25)22(11)10-16(24)26-18(2,3)4/h6-9H,10H2,1-5H3. The van der Waals surface area contributed by atoms with Crippen LogP contribution in [0.3, 0.4) is 0 Å². The fourth-order valence-electron chi connectivity index (χ4n) is 2.49. The van der Waals surface area contributed by atoms with Gasteiger partial charge in [0.2, 0.25) is 0 Å². The molecule has 0 radical (unpaired) electrons. The second-order valence-corrected chi connectivity index (χ2v) is 7.84. The number of anilines is 1. The molecule has 6 nitrogen and oxygen atoms in total. The molecule has 0 aliphatic heterocycles. The van der Waals surface area contributed by atoms with Gasteiger partial charge < -0.3 is 4.74 Å². The van der Waals surface area contributed by atoms with Crippen molar-refractivity contribution in [1.82, 2.24) is 9.24 Å². The predicted octanol–water partition coefficient (Wildman–Crippen LogP) is 3.72. The first-order valence-electron chi connectivity index (χ1n) is 8.15. The van der Waals surface area contributed by atoms with Crippen molar-refractivity contribution in [2.75, 3.05) is 12.1 Å². The number of hydrogen-bond acceptors (Lipinski definition) is 5. The van der Waals surface area contributed by atoms with Crippen LogP contribution < -0.4 is 10.7 Å². The van der Waals surface area contributed by atoms with E-state index in [2.05, 4.69) is 0 Å². The summed E-state index contributed by atoms with van der Waals surface area (Å²) < 4.78 is 21.5. The second-order valence-electron chi connectivity index (χ2n) is 7.01. The van der Waals surface area contributed by atoms with Gasteiger partial charge in [-0.2, -0.15) is 4.68 Å². The monoisotopic (exact) mass is 413 g/mol. The number of carbonyl (C=O) groups is 1. The lowest BCUT2D eigenvalue weighted by Crippen LogP contribution is -2.43. The number of hydrogen-bond donors (Lipinski definition) is 0. The highest BCUT2D eigenvalue weighted by atomic mass is 35.5. The summed E-state index contributed by atoms with van der Waals surface area (Å²) in [4.78, 5) is 25.2. The summed E-state index contributed by atoms with van der Waals surface area (Å²) in [6, 6.07) is 5.38. The van der Waals surface area contributed by atoms with Crippen LogP contribution in [0, 0.1) is 17.4 Å². The van der Waals surface area contributed by atoms with Gasteiger partial charge in [-0.15, -0.1) is 0 Å². The fourth-order valence-corrected chi connectivity index (χ4v) is 3.10. The van der Waals surface area contributed by atoms with E-state index in [0.717, 1.165) is 4.68 Å². The van der Waals surface area contributed by atoms with Crippen molar-refractivity contribution < 1.29 is 13.9 Å². The smallest absolute Gasteiger partial charge is 0.349 e. The van der Waals surface area contributed by atoms with Crippen LogP contribution >= 0.6 is 23.8 Å². The number of rotatable bonds is 4. The second kappa shape index (κ2) is 7.82. The van der Waals surface area contributed by atoms with E-state index < -0.39 is 23.1 Å². The van der Waals surface area contributed by atoms with Crippen LogP contribution in [0.4, 0.5) is 10.1 Å². The van der Waals surface area contributed by atoms with Crippen molar-refractivity contribution in [3.63, 3.8) is 0 Å². The molecule has 0 saturated carbocycles. The van der Waals surface area contributed by atoms with E-state index in [1.807, 2.05) is 0 Å². The minimum Gasteiger partial charge on any atom is -0.459 e. The van der Waals surface area contributed by atoms with E-state index >= 15 is 0 Å². The van der Waals surface area contributed by atoms with Gasteiger partial charge in [-0.1, -0.05) is 23.8 Å². The van der Waals surface area contributed by atoms with Crippen molar-refractivity contribution in [3.05, 3.63) is 55.9 Å². The number of halogens is 2. The summed E-state index contributed by atoms with van der Waals surface area (Å²) in [5.41, 5.74) is -0.467. The average molecular weight is 414 g/mol. The molecule has 0 aliphatic carbocycles. The molecular weight excluding hydrogens is 393 g/mol. The van der Waals surface area contributed by atoms with Gasteiger partial charge in [-0.25, -0.2) is 9.18 Å². The van der Waals surface area contributed by atoms with Gasteiger partial charge in [0.25, 0.3) is 0 Å². The number of aromatic nitrogens is 2. The SMILES string of the molecule is Cc1cc(=S)n(N(C)c2cc(F)ccc2Cl)c(=O)n1CC(=O)OC(C)(C)C. The van der Waals surface area contributed by atoms with Crippen LogP contribution in [0.25, 0.3) is 0 Å². The maximum absolute atomic E-state index is 13.6. The van der Waals surface area contributed by atoms with Crippen LogP contribution in [0.15, 0.2) is 29.1 Å². The lowest BCUT2D eigenvalue weighted by atomic mass is 10.2. The Bertz CT molecular complexity index is 995. The van der Waals surface area contributed by atoms with Gasteiger partial charge in [-0.05, 0) is 45.9 Å². The highest BCUT2D eigenvalue weighted by molar-refractivity contribution is 7.71. The van der Waals surface area contributed by atoms with Gasteiger partial charge in [0.15, 0.2) is 0 Å². The van der Waals surface area contributed by atoms with Crippen molar-refractivity contribution in [2.24, 2.45) is 0 Å². The van der Waals surface area contributed by atoms with Gasteiger partial charge in [0.05, 0.1) is 10.7 Å². The molecule has 27 heavy (non-hydrogen) atoms. The number of benzene rings is 1. The Balaban J connectivity index is 2.53. The number of carbonyl (C=O) groups excluding carboxylic acids is 1. The van der Waals surface area contributed by atoms with Crippen molar-refractivity contribution >= 4 is 35.5 Å². The molecule has 9 heteroatoms. The highest BCUT2D eigenvalue weighted by Gasteiger charge is 2.20. The summed E-state index contributed by atoms with van der Waals surface area (Å²) in [5, 5.41) is 1.60. The number of nitrogens with zero attached hydrogens (tertiary/aromatic N) is 3. The molecule has 1 heterocycles. The lowest BCUT2D eigenvalue weighted by molar-refractivity contribution is -0.155. The maximum Gasteiger partial charge on any atom is 0.349 e. The first-order chi connectivity index (χ1) is 12.4. The Labute approximate surface area is 166 Å². The van der Waals surface area contributed by atoms with E-state index in [4.69, 9.17) is 28.6 Å². The highest BCUT2D eigenvalue weighted by Crippen LogP contribution is 2.25. The summed E-state index contributed by atoms with van der Waals surface area (Å²) in [7, 11) is 1.53. The van der Waals surface area contributed by atoms with Crippen molar-refractivity contribution in [3.8, 4) is 0 Å². The van der Waals surface area contributed by atoms with Crippen LogP contribution in [0.5, 0.6) is 0 Å². The molecule has 2 rings (SSSR count). The summed E-state index contributed by atoms with van der Waals surface area (Å²) in [5.74, 6) is -1.06. The molecule has 2 aromatic rings. The molecule has 0 bridgehead atoms. The molecule has 0 fully saturated rings. The van der Waals surface area contributed by atoms with Crippen LogP contribution in [0.2, 0.25) is 5.02 Å². The minimum atomic E-state index is -0.672. The first kappa shape index (κ1) is 21.1. The molecule has 1 aromatic heterocycles. The Hall–Kier alpha value is -2.19. The molecule has 0 aliphatic rings. The Morgan fingerprint density at radius 2 is 1.96 bits per heavy atom. The third-order valence-corrected chi connectivity index (χ3v) is 4.25. The molecule has 146 valence electrons. The molecule has 0 saturated heterocycles. The zero-order valence-electron chi connectivity index (χ0n) is 15.7. The Kier molecular flexibility index (Phi) is 6.11. The molecule has 1 aromatic carbocycles. The summed E-state index contributed by atoms with van der Waals surface area (Å²) in [6.07, 6.45) is 0. The molecule has 0 N–H and O–H groups in total. The van der Waals surface area contributed by atoms with Gasteiger partial charge >= 0.3 is 11.7 Å². The van der Waals surface area contributed by atoms with Gasteiger partial charge in [-0.3, -0.25) is 14.4 Å². The third kappa shape index (κ3) is 4.95. The van der Waals surface area contributed by atoms with E-state index in [9.17, 15) is 14.0 Å². The minimum absolute atomic E-state index is 0.195. The fraction of sp³-hybridized carbons (Fsp3) is 0.389.